The SMILES string of the molecule is C[C@]12CC[C@H](CN(c3nc(OC[C@@]45CCCN4C[C@H](F)C5)nc4c(F)c(-c5cc(O)cc(Cl)c5Cl)c(F)cc34)C1)N2. The largest absolute Gasteiger partial charge is 0.508 e. The summed E-state index contributed by atoms with van der Waals surface area (Å²) in [5.74, 6) is -1.76. The van der Waals surface area contributed by atoms with Crippen molar-refractivity contribution in [2.24, 2.45) is 0 Å². The van der Waals surface area contributed by atoms with Crippen LogP contribution in [0.2, 0.25) is 10.0 Å². The van der Waals surface area contributed by atoms with E-state index in [-0.39, 0.29) is 56.5 Å². The zero-order valence-electron chi connectivity index (χ0n) is 22.5. The Balaban J connectivity index is 1.36. The number of fused-ring (bicyclic) bond motifs is 4. The van der Waals surface area contributed by atoms with Crippen molar-refractivity contribution >= 4 is 39.9 Å². The van der Waals surface area contributed by atoms with Gasteiger partial charge >= 0.3 is 6.01 Å². The molecule has 2 aromatic carbocycles. The fourth-order valence-corrected chi connectivity index (χ4v) is 7.84. The third-order valence-electron chi connectivity index (χ3n) is 9.23. The maximum atomic E-state index is 16.4. The highest BCUT2D eigenvalue weighted by Crippen LogP contribution is 2.44. The number of phenolic OH excluding ortho intramolecular Hbond substituents is 1. The van der Waals surface area contributed by atoms with Crippen molar-refractivity contribution < 1.29 is 23.0 Å². The lowest BCUT2D eigenvalue weighted by Gasteiger charge is -2.40. The molecule has 4 atom stereocenters. The van der Waals surface area contributed by atoms with Crippen molar-refractivity contribution in [1.29, 1.82) is 0 Å². The van der Waals surface area contributed by atoms with Gasteiger partial charge in [0.1, 0.15) is 35.7 Å². The van der Waals surface area contributed by atoms with Crippen LogP contribution in [0.15, 0.2) is 18.2 Å². The van der Waals surface area contributed by atoms with Crippen LogP contribution in [0.1, 0.15) is 39.0 Å². The molecule has 0 unspecified atom stereocenters. The number of benzene rings is 2. The van der Waals surface area contributed by atoms with Gasteiger partial charge in [0.25, 0.3) is 0 Å². The number of ether oxygens (including phenoxy) is 1. The molecule has 0 aliphatic carbocycles. The Labute approximate surface area is 245 Å². The molecule has 218 valence electrons. The molecule has 5 heterocycles. The number of nitrogens with one attached hydrogen (secondary N) is 1. The van der Waals surface area contributed by atoms with Crippen LogP contribution in [0.3, 0.4) is 0 Å². The summed E-state index contributed by atoms with van der Waals surface area (Å²) < 4.78 is 52.6. The first-order chi connectivity index (χ1) is 19.5. The molecule has 0 amide bonds. The predicted molar refractivity (Wildman–Crippen MR) is 152 cm³/mol. The molecule has 4 saturated heterocycles. The summed E-state index contributed by atoms with van der Waals surface area (Å²) in [5, 5.41) is 13.8. The molecule has 4 aliphatic heterocycles. The van der Waals surface area contributed by atoms with E-state index in [1.807, 2.05) is 4.90 Å². The third kappa shape index (κ3) is 4.58. The van der Waals surface area contributed by atoms with E-state index in [1.54, 1.807) is 0 Å². The lowest BCUT2D eigenvalue weighted by Crippen LogP contribution is -2.58. The summed E-state index contributed by atoms with van der Waals surface area (Å²) in [6.45, 7) is 4.69. The van der Waals surface area contributed by atoms with Crippen molar-refractivity contribution in [3.8, 4) is 22.9 Å². The third-order valence-corrected chi connectivity index (χ3v) is 10.0. The van der Waals surface area contributed by atoms with Crippen LogP contribution in [0.4, 0.5) is 19.0 Å². The van der Waals surface area contributed by atoms with Gasteiger partial charge < -0.3 is 20.1 Å². The average molecular weight is 608 g/mol. The van der Waals surface area contributed by atoms with E-state index < -0.39 is 28.9 Å². The normalized spacial score (nSPS) is 29.5. The molecule has 4 aliphatic rings. The molecular formula is C29H30Cl2F3N5O2. The molecule has 7 rings (SSSR count). The lowest BCUT2D eigenvalue weighted by atomic mass is 9.95. The van der Waals surface area contributed by atoms with Crippen LogP contribution in [0, 0.1) is 11.6 Å². The minimum atomic E-state index is -0.966. The molecule has 1 aromatic heterocycles. The van der Waals surface area contributed by atoms with E-state index >= 15 is 8.78 Å². The standard InChI is InChI=1S/C29H30Cl2F3N5O2/c1-28-5-3-16(37-28)12-38(13-28)26-19-9-21(33)22(18-7-17(40)8-20(30)23(18)31)24(34)25(19)35-27(36-26)41-14-29-4-2-6-39(29)11-15(32)10-29/h7-9,15-16,37,40H,2-6,10-14H2,1H3/t15-,16-,28+,29+/m1/s1. The van der Waals surface area contributed by atoms with Crippen LogP contribution in [-0.4, -0.2) is 76.1 Å². The van der Waals surface area contributed by atoms with Gasteiger partial charge in [0.05, 0.1) is 21.1 Å². The van der Waals surface area contributed by atoms with Gasteiger partial charge in [0.2, 0.25) is 0 Å². The Morgan fingerprint density at radius 3 is 2.80 bits per heavy atom. The molecule has 4 fully saturated rings. The summed E-state index contributed by atoms with van der Waals surface area (Å²) in [4.78, 5) is 13.3. The van der Waals surface area contributed by atoms with Gasteiger partial charge in [-0.3, -0.25) is 4.90 Å². The molecule has 41 heavy (non-hydrogen) atoms. The molecule has 0 saturated carbocycles. The summed E-state index contributed by atoms with van der Waals surface area (Å²) in [6, 6.07) is 3.74. The van der Waals surface area contributed by atoms with Gasteiger partial charge in [0, 0.05) is 54.7 Å². The quantitative estimate of drug-likeness (QED) is 0.375. The van der Waals surface area contributed by atoms with Gasteiger partial charge in [-0.15, -0.1) is 0 Å². The highest BCUT2D eigenvalue weighted by molar-refractivity contribution is 6.43. The zero-order valence-corrected chi connectivity index (χ0v) is 24.0. The monoisotopic (exact) mass is 607 g/mol. The number of alkyl halides is 1. The van der Waals surface area contributed by atoms with Gasteiger partial charge in [-0.25, -0.2) is 13.2 Å². The molecule has 2 N–H and O–H groups in total. The van der Waals surface area contributed by atoms with E-state index in [2.05, 4.69) is 22.1 Å². The first-order valence-electron chi connectivity index (χ1n) is 14.0. The van der Waals surface area contributed by atoms with Crippen LogP contribution in [-0.2, 0) is 0 Å². The number of halogens is 5. The average Bonchev–Trinajstić information content (AvgIpc) is 3.53. The highest BCUT2D eigenvalue weighted by atomic mass is 35.5. The van der Waals surface area contributed by atoms with Gasteiger partial charge in [-0.2, -0.15) is 9.97 Å². The number of hydrogen-bond acceptors (Lipinski definition) is 7. The number of hydrogen-bond donors (Lipinski definition) is 2. The fourth-order valence-electron chi connectivity index (χ4n) is 7.42. The number of rotatable bonds is 5. The van der Waals surface area contributed by atoms with Crippen LogP contribution >= 0.6 is 23.2 Å². The second-order valence-corrected chi connectivity index (χ2v) is 13.0. The molecular weight excluding hydrogens is 578 g/mol. The first-order valence-corrected chi connectivity index (χ1v) is 14.7. The molecule has 12 heteroatoms. The second kappa shape index (κ2) is 9.76. The number of anilines is 1. The first kappa shape index (κ1) is 27.3. The van der Waals surface area contributed by atoms with Crippen LogP contribution < -0.4 is 15.0 Å². The Morgan fingerprint density at radius 2 is 2.00 bits per heavy atom. The molecule has 7 nitrogen and oxygen atoms in total. The van der Waals surface area contributed by atoms with E-state index in [1.165, 1.54) is 12.1 Å². The van der Waals surface area contributed by atoms with Crippen molar-refractivity contribution in [2.75, 3.05) is 37.7 Å². The lowest BCUT2D eigenvalue weighted by molar-refractivity contribution is 0.107. The Kier molecular flexibility index (Phi) is 6.50. The van der Waals surface area contributed by atoms with E-state index in [4.69, 9.17) is 32.9 Å². The molecule has 3 aromatic rings. The summed E-state index contributed by atoms with van der Waals surface area (Å²) in [6.07, 6.45) is 3.16. The fraction of sp³-hybridized carbons (Fsp3) is 0.517. The summed E-state index contributed by atoms with van der Waals surface area (Å²) in [5.41, 5.74) is -1.29. The number of phenols is 1. The predicted octanol–water partition coefficient (Wildman–Crippen LogP) is 5.87. The highest BCUT2D eigenvalue weighted by Gasteiger charge is 2.49. The van der Waals surface area contributed by atoms with Crippen molar-refractivity contribution in [2.45, 2.75) is 62.3 Å². The molecule has 2 bridgehead atoms. The number of nitrogens with zero attached hydrogens (tertiary/aromatic N) is 4. The van der Waals surface area contributed by atoms with Crippen molar-refractivity contribution in [3.63, 3.8) is 0 Å². The van der Waals surface area contributed by atoms with Gasteiger partial charge in [0.15, 0.2) is 5.82 Å². The van der Waals surface area contributed by atoms with Crippen molar-refractivity contribution in [3.05, 3.63) is 39.9 Å². The van der Waals surface area contributed by atoms with Gasteiger partial charge in [-0.1, -0.05) is 23.2 Å². The van der Waals surface area contributed by atoms with Gasteiger partial charge in [-0.05, 0) is 51.3 Å². The second-order valence-electron chi connectivity index (χ2n) is 12.2. The Bertz CT molecular complexity index is 1560. The Hall–Kier alpha value is -2.53. The van der Waals surface area contributed by atoms with E-state index in [0.29, 0.717) is 31.9 Å². The maximum absolute atomic E-state index is 16.4. The van der Waals surface area contributed by atoms with Crippen LogP contribution in [0.5, 0.6) is 11.8 Å². The minimum absolute atomic E-state index is 0.0411. The number of aromatic nitrogens is 2. The maximum Gasteiger partial charge on any atom is 0.319 e. The molecule has 0 radical (unpaired) electrons. The summed E-state index contributed by atoms with van der Waals surface area (Å²) in [7, 11) is 0. The number of aromatic hydroxyl groups is 1. The summed E-state index contributed by atoms with van der Waals surface area (Å²) >= 11 is 12.5. The van der Waals surface area contributed by atoms with Crippen LogP contribution in [0.25, 0.3) is 22.0 Å². The number of piperazine rings is 1. The van der Waals surface area contributed by atoms with Crippen molar-refractivity contribution in [1.82, 2.24) is 20.2 Å². The van der Waals surface area contributed by atoms with E-state index in [0.717, 1.165) is 38.3 Å². The van der Waals surface area contributed by atoms with E-state index in [9.17, 15) is 9.50 Å². The smallest absolute Gasteiger partial charge is 0.319 e. The minimum Gasteiger partial charge on any atom is -0.508 e. The molecule has 0 spiro atoms. The Morgan fingerprint density at radius 1 is 1.17 bits per heavy atom. The topological polar surface area (TPSA) is 73.8 Å². The zero-order chi connectivity index (χ0) is 28.7.